The van der Waals surface area contributed by atoms with Crippen molar-refractivity contribution in [3.05, 3.63) is 36.0 Å². The molecule has 0 spiro atoms. The van der Waals surface area contributed by atoms with Crippen LogP contribution in [0.3, 0.4) is 0 Å². The van der Waals surface area contributed by atoms with Crippen LogP contribution in [0.2, 0.25) is 0 Å². The van der Waals surface area contributed by atoms with Crippen LogP contribution in [0.15, 0.2) is 36.0 Å². The van der Waals surface area contributed by atoms with Gasteiger partial charge >= 0.3 is 5.97 Å². The number of carboxylic acid groups (broad SMARTS) is 1. The van der Waals surface area contributed by atoms with Gasteiger partial charge in [0.05, 0.1) is 6.10 Å². The van der Waals surface area contributed by atoms with E-state index in [9.17, 15) is 9.90 Å². The van der Waals surface area contributed by atoms with Crippen LogP contribution in [0.4, 0.5) is 0 Å². The fourth-order valence-corrected chi connectivity index (χ4v) is 4.20. The van der Waals surface area contributed by atoms with Gasteiger partial charge in [-0.3, -0.25) is 0 Å². The average Bonchev–Trinajstić information content (AvgIpc) is 2.47. The Kier molecular flexibility index (Phi) is 5.28. The molecule has 0 aliphatic heterocycles. The van der Waals surface area contributed by atoms with E-state index in [2.05, 4.69) is 39.0 Å². The predicted molar refractivity (Wildman–Crippen MR) is 88.3 cm³/mol. The first kappa shape index (κ1) is 17.0. The lowest BCUT2D eigenvalue weighted by Crippen LogP contribution is -2.46. The molecule has 0 heterocycles. The second-order valence-electron chi connectivity index (χ2n) is 7.16. The molecule has 0 radical (unpaired) electrons. The first-order valence-corrected chi connectivity index (χ1v) is 8.27. The van der Waals surface area contributed by atoms with Gasteiger partial charge in [-0.15, -0.1) is 0 Å². The second kappa shape index (κ2) is 6.82. The van der Waals surface area contributed by atoms with Gasteiger partial charge in [-0.1, -0.05) is 51.2 Å². The van der Waals surface area contributed by atoms with Crippen LogP contribution >= 0.6 is 0 Å². The largest absolute Gasteiger partial charge is 0.478 e. The number of allylic oxidation sites excluding steroid dienone is 5. The van der Waals surface area contributed by atoms with Gasteiger partial charge in [0.1, 0.15) is 0 Å². The third-order valence-electron chi connectivity index (χ3n) is 5.60. The number of aliphatic hydroxyl groups excluding tert-OH is 1. The summed E-state index contributed by atoms with van der Waals surface area (Å²) in [5.41, 5.74) is 0.345. The Hall–Kier alpha value is -1.35. The van der Waals surface area contributed by atoms with Gasteiger partial charge in [0.25, 0.3) is 0 Å². The van der Waals surface area contributed by atoms with Crippen LogP contribution in [0, 0.1) is 35.5 Å². The van der Waals surface area contributed by atoms with Crippen molar-refractivity contribution in [2.75, 3.05) is 0 Å². The third kappa shape index (κ3) is 3.35. The average molecular weight is 304 g/mol. The highest BCUT2D eigenvalue weighted by Crippen LogP contribution is 2.48. The van der Waals surface area contributed by atoms with Crippen LogP contribution in [-0.2, 0) is 4.79 Å². The Bertz CT molecular complexity index is 503. The number of hydrogen-bond donors (Lipinski definition) is 2. The molecule has 0 aromatic carbocycles. The molecule has 0 bridgehead atoms. The summed E-state index contributed by atoms with van der Waals surface area (Å²) in [6, 6.07) is 0. The minimum Gasteiger partial charge on any atom is -0.478 e. The van der Waals surface area contributed by atoms with Gasteiger partial charge < -0.3 is 10.2 Å². The van der Waals surface area contributed by atoms with Crippen LogP contribution < -0.4 is 0 Å². The summed E-state index contributed by atoms with van der Waals surface area (Å²) in [5.74, 6) is 1.44. The highest BCUT2D eigenvalue weighted by atomic mass is 16.4. The van der Waals surface area contributed by atoms with E-state index in [1.165, 1.54) is 0 Å². The maximum atomic E-state index is 10.9. The molecule has 3 nitrogen and oxygen atoms in total. The van der Waals surface area contributed by atoms with Crippen molar-refractivity contribution in [1.29, 1.82) is 0 Å². The standard InChI is InChI=1S/C19H28O3/c1-11-8-9-15-10-13(3)18(20)14(4)17(15)16(11)7-5-6-12(2)19(21)22/h5-9,11,13-18,20H,10H2,1-4H3,(H,21,22)/b7-5+,12-6+/t11-,13-,14+,15+,16+,17-,18+/m1/s1. The quantitative estimate of drug-likeness (QED) is 0.475. The van der Waals surface area contributed by atoms with E-state index in [0.29, 0.717) is 35.2 Å². The highest BCUT2D eigenvalue weighted by Gasteiger charge is 2.44. The summed E-state index contributed by atoms with van der Waals surface area (Å²) in [7, 11) is 0. The smallest absolute Gasteiger partial charge is 0.331 e. The molecule has 122 valence electrons. The van der Waals surface area contributed by atoms with Crippen molar-refractivity contribution in [2.24, 2.45) is 35.5 Å². The zero-order valence-electron chi connectivity index (χ0n) is 13.9. The van der Waals surface area contributed by atoms with E-state index in [-0.39, 0.29) is 12.0 Å². The molecule has 7 atom stereocenters. The summed E-state index contributed by atoms with van der Waals surface area (Å²) in [6.45, 7) is 8.09. The van der Waals surface area contributed by atoms with Crippen LogP contribution in [0.25, 0.3) is 0 Å². The summed E-state index contributed by atoms with van der Waals surface area (Å²) < 4.78 is 0. The SMILES string of the molecule is C/C(=C\C=C\[C@@H]1[C@@H]2[C@H](C)[C@@H](O)[C@H](C)C[C@@H]2C=C[C@H]1C)C(=O)O. The lowest BCUT2D eigenvalue weighted by molar-refractivity contribution is -0.132. The molecule has 0 aromatic heterocycles. The number of carbonyl (C=O) groups is 1. The molecule has 1 fully saturated rings. The highest BCUT2D eigenvalue weighted by molar-refractivity contribution is 5.86. The first-order chi connectivity index (χ1) is 10.3. The van der Waals surface area contributed by atoms with E-state index >= 15 is 0 Å². The van der Waals surface area contributed by atoms with E-state index in [1.54, 1.807) is 13.0 Å². The van der Waals surface area contributed by atoms with Crippen LogP contribution in [-0.4, -0.2) is 22.3 Å². The Morgan fingerprint density at radius 3 is 2.55 bits per heavy atom. The Balaban J connectivity index is 2.22. The van der Waals surface area contributed by atoms with Crippen molar-refractivity contribution in [3.63, 3.8) is 0 Å². The molecule has 2 aliphatic carbocycles. The molecule has 0 saturated heterocycles. The minimum absolute atomic E-state index is 0.243. The van der Waals surface area contributed by atoms with E-state index in [1.807, 2.05) is 6.08 Å². The Morgan fingerprint density at radius 1 is 1.23 bits per heavy atom. The number of carboxylic acids is 1. The van der Waals surface area contributed by atoms with Gasteiger partial charge in [0.15, 0.2) is 0 Å². The third-order valence-corrected chi connectivity index (χ3v) is 5.60. The monoisotopic (exact) mass is 304 g/mol. The molecule has 0 amide bonds. The number of aliphatic hydroxyl groups is 1. The molecule has 0 unspecified atom stereocenters. The molecule has 22 heavy (non-hydrogen) atoms. The van der Waals surface area contributed by atoms with E-state index < -0.39 is 5.97 Å². The molecule has 2 aliphatic rings. The molecule has 1 saturated carbocycles. The Labute approximate surface area is 133 Å². The molecule has 0 aromatic rings. The van der Waals surface area contributed by atoms with Gasteiger partial charge in [-0.2, -0.15) is 0 Å². The number of aliphatic carboxylic acids is 1. The predicted octanol–water partition coefficient (Wildman–Crippen LogP) is 3.66. The lowest BCUT2D eigenvalue weighted by Gasteiger charge is -2.48. The number of hydrogen-bond acceptors (Lipinski definition) is 2. The van der Waals surface area contributed by atoms with Gasteiger partial charge in [-0.25, -0.2) is 4.79 Å². The van der Waals surface area contributed by atoms with Crippen LogP contribution in [0.1, 0.15) is 34.1 Å². The zero-order chi connectivity index (χ0) is 16.4. The molecular formula is C19H28O3. The summed E-state index contributed by atoms with van der Waals surface area (Å²) >= 11 is 0. The first-order valence-electron chi connectivity index (χ1n) is 8.27. The van der Waals surface area contributed by atoms with Crippen molar-refractivity contribution in [2.45, 2.75) is 40.2 Å². The molecule has 2 N–H and O–H groups in total. The Morgan fingerprint density at radius 2 is 1.91 bits per heavy atom. The summed E-state index contributed by atoms with van der Waals surface area (Å²) in [5, 5.41) is 19.4. The second-order valence-corrected chi connectivity index (χ2v) is 7.16. The van der Waals surface area contributed by atoms with Crippen LogP contribution in [0.5, 0.6) is 0 Å². The molecular weight excluding hydrogens is 276 g/mol. The van der Waals surface area contributed by atoms with Crippen molar-refractivity contribution in [1.82, 2.24) is 0 Å². The van der Waals surface area contributed by atoms with Crippen molar-refractivity contribution >= 4 is 5.97 Å². The topological polar surface area (TPSA) is 57.5 Å². The minimum atomic E-state index is -0.880. The summed E-state index contributed by atoms with van der Waals surface area (Å²) in [6.07, 6.45) is 11.1. The van der Waals surface area contributed by atoms with Gasteiger partial charge in [0.2, 0.25) is 0 Å². The fourth-order valence-electron chi connectivity index (χ4n) is 4.20. The van der Waals surface area contributed by atoms with Gasteiger partial charge in [-0.05, 0) is 48.9 Å². The van der Waals surface area contributed by atoms with Gasteiger partial charge in [0, 0.05) is 5.57 Å². The number of rotatable bonds is 3. The van der Waals surface area contributed by atoms with E-state index in [4.69, 9.17) is 5.11 Å². The van der Waals surface area contributed by atoms with Crippen molar-refractivity contribution in [3.8, 4) is 0 Å². The number of fused-ring (bicyclic) bond motifs is 1. The summed E-state index contributed by atoms with van der Waals surface area (Å²) in [4.78, 5) is 10.9. The maximum Gasteiger partial charge on any atom is 0.331 e. The molecule has 3 heteroatoms. The maximum absolute atomic E-state index is 10.9. The fraction of sp³-hybridized carbons (Fsp3) is 0.632. The zero-order valence-corrected chi connectivity index (χ0v) is 13.9. The lowest BCUT2D eigenvalue weighted by atomic mass is 9.58. The van der Waals surface area contributed by atoms with Crippen molar-refractivity contribution < 1.29 is 15.0 Å². The van der Waals surface area contributed by atoms with E-state index in [0.717, 1.165) is 6.42 Å². The molecule has 2 rings (SSSR count). The normalized spacial score (nSPS) is 42.4.